The van der Waals surface area contributed by atoms with Gasteiger partial charge in [-0.1, -0.05) is 5.16 Å². The molecule has 1 fully saturated rings. The van der Waals surface area contributed by atoms with Crippen LogP contribution in [0.25, 0.3) is 11.4 Å². The first-order valence-corrected chi connectivity index (χ1v) is 9.59. The first-order valence-electron chi connectivity index (χ1n) is 9.59. The maximum atomic E-state index is 11.3. The number of methoxy groups -OCH3 is 1. The van der Waals surface area contributed by atoms with Crippen molar-refractivity contribution >= 4 is 13.7 Å². The van der Waals surface area contributed by atoms with Crippen LogP contribution in [0.5, 0.6) is 17.2 Å². The van der Waals surface area contributed by atoms with Gasteiger partial charge in [-0.15, -0.1) is 0 Å². The lowest BCUT2D eigenvalue weighted by Gasteiger charge is -2.22. The van der Waals surface area contributed by atoms with E-state index in [1.54, 1.807) is 7.11 Å². The molecule has 0 aliphatic carbocycles. The molecule has 2 heterocycles. The minimum Gasteiger partial charge on any atom is -0.497 e. The summed E-state index contributed by atoms with van der Waals surface area (Å²) in [4.78, 5) is 16.2. The third-order valence-electron chi connectivity index (χ3n) is 5.18. The summed E-state index contributed by atoms with van der Waals surface area (Å²) in [7, 11) is 3.78. The van der Waals surface area contributed by atoms with Crippen LogP contribution in [0.3, 0.4) is 0 Å². The van der Waals surface area contributed by atoms with E-state index in [2.05, 4.69) is 32.8 Å². The van der Waals surface area contributed by atoms with Crippen molar-refractivity contribution in [2.45, 2.75) is 18.9 Å². The summed E-state index contributed by atoms with van der Waals surface area (Å²) in [6, 6.07) is 13.5. The molecular weight excluding hydrogens is 371 g/mol. The molecule has 2 aromatic carbocycles. The number of rotatable bonds is 7. The smallest absolute Gasteiger partial charge is 0.439 e. The molecular formula is C20H23BN4O4. The Kier molecular flexibility index (Phi) is 5.57. The molecule has 1 saturated heterocycles. The SMILES string of the molecule is BN1CCC[C@H]1CNc1ccc(-c2noc(=O)[nH]2)cc1Oc1ccc(OC)cc1. The zero-order valence-electron chi connectivity index (χ0n) is 16.5. The number of hydrogen-bond donors (Lipinski definition) is 2. The number of aromatic nitrogens is 2. The lowest BCUT2D eigenvalue weighted by atomic mass is 10.1. The van der Waals surface area contributed by atoms with Gasteiger partial charge in [0.25, 0.3) is 0 Å². The van der Waals surface area contributed by atoms with Crippen molar-refractivity contribution in [3.63, 3.8) is 0 Å². The molecule has 0 saturated carbocycles. The quantitative estimate of drug-likeness (QED) is 0.594. The fourth-order valence-electron chi connectivity index (χ4n) is 3.49. The normalized spacial score (nSPS) is 16.7. The maximum Gasteiger partial charge on any atom is 0.439 e. The Morgan fingerprint density at radius 3 is 2.72 bits per heavy atom. The standard InChI is InChI=1S/C20H23BN4O4/c1-27-15-5-7-16(8-6-15)28-18-11-13(19-23-20(26)29-24-19)4-9-17(18)22-12-14-3-2-10-25(14)21/h4-9,11,14,22H,2-3,10,12,21H2,1H3,(H,23,24,26)/t14-/m0/s1. The number of hydrogen-bond acceptors (Lipinski definition) is 7. The van der Waals surface area contributed by atoms with E-state index in [4.69, 9.17) is 9.47 Å². The van der Waals surface area contributed by atoms with Crippen molar-refractivity contribution in [1.29, 1.82) is 0 Å². The molecule has 1 aliphatic rings. The molecule has 0 radical (unpaired) electrons. The molecule has 0 unspecified atom stereocenters. The maximum absolute atomic E-state index is 11.3. The molecule has 0 bridgehead atoms. The molecule has 4 rings (SSSR count). The van der Waals surface area contributed by atoms with Crippen LogP contribution in [-0.4, -0.2) is 49.2 Å². The first kappa shape index (κ1) is 19.1. The van der Waals surface area contributed by atoms with Crippen molar-refractivity contribution in [3.05, 3.63) is 53.0 Å². The highest BCUT2D eigenvalue weighted by Crippen LogP contribution is 2.34. The fraction of sp³-hybridized carbons (Fsp3) is 0.300. The highest BCUT2D eigenvalue weighted by Gasteiger charge is 2.20. The van der Waals surface area contributed by atoms with E-state index in [1.807, 2.05) is 42.5 Å². The largest absolute Gasteiger partial charge is 0.497 e. The molecule has 1 aromatic heterocycles. The topological polar surface area (TPSA) is 92.6 Å². The summed E-state index contributed by atoms with van der Waals surface area (Å²) < 4.78 is 16.0. The summed E-state index contributed by atoms with van der Waals surface area (Å²) in [5.41, 5.74) is 1.57. The van der Waals surface area contributed by atoms with Crippen molar-refractivity contribution in [2.75, 3.05) is 25.5 Å². The van der Waals surface area contributed by atoms with Gasteiger partial charge in [0.05, 0.1) is 12.8 Å². The Morgan fingerprint density at radius 1 is 1.28 bits per heavy atom. The van der Waals surface area contributed by atoms with Crippen molar-refractivity contribution in [3.8, 4) is 28.6 Å². The number of aromatic amines is 1. The van der Waals surface area contributed by atoms with E-state index in [0.29, 0.717) is 28.9 Å². The predicted molar refractivity (Wildman–Crippen MR) is 112 cm³/mol. The average Bonchev–Trinajstić information content (AvgIpc) is 3.35. The van der Waals surface area contributed by atoms with Crippen LogP contribution < -0.4 is 20.5 Å². The van der Waals surface area contributed by atoms with Gasteiger partial charge < -0.3 is 19.6 Å². The Balaban J connectivity index is 1.60. The van der Waals surface area contributed by atoms with E-state index in [-0.39, 0.29) is 0 Å². The van der Waals surface area contributed by atoms with Crippen LogP contribution >= 0.6 is 0 Å². The Bertz CT molecular complexity index is 1020. The second kappa shape index (κ2) is 8.44. The van der Waals surface area contributed by atoms with Gasteiger partial charge in [-0.2, -0.15) is 0 Å². The molecule has 29 heavy (non-hydrogen) atoms. The molecule has 2 N–H and O–H groups in total. The van der Waals surface area contributed by atoms with E-state index in [9.17, 15) is 4.79 Å². The van der Waals surface area contributed by atoms with Gasteiger partial charge in [0.1, 0.15) is 11.5 Å². The Hall–Kier alpha value is -3.20. The molecule has 0 amide bonds. The lowest BCUT2D eigenvalue weighted by Crippen LogP contribution is -2.32. The summed E-state index contributed by atoms with van der Waals surface area (Å²) in [6.07, 6.45) is 2.40. The van der Waals surface area contributed by atoms with Crippen LogP contribution in [0.15, 0.2) is 51.8 Å². The van der Waals surface area contributed by atoms with Crippen molar-refractivity contribution in [2.24, 2.45) is 0 Å². The van der Waals surface area contributed by atoms with Gasteiger partial charge in [0, 0.05) is 18.2 Å². The van der Waals surface area contributed by atoms with Crippen LogP contribution in [0.1, 0.15) is 12.8 Å². The van der Waals surface area contributed by atoms with Gasteiger partial charge in [0.15, 0.2) is 19.6 Å². The summed E-state index contributed by atoms with van der Waals surface area (Å²) in [5.74, 6) is 1.84. The Labute approximate surface area is 169 Å². The second-order valence-corrected chi connectivity index (χ2v) is 7.09. The van der Waals surface area contributed by atoms with Crippen LogP contribution in [0.4, 0.5) is 5.69 Å². The molecule has 0 spiro atoms. The average molecular weight is 394 g/mol. The van der Waals surface area contributed by atoms with E-state index < -0.39 is 5.76 Å². The van der Waals surface area contributed by atoms with Gasteiger partial charge >= 0.3 is 5.76 Å². The lowest BCUT2D eigenvalue weighted by molar-refractivity contribution is 0.388. The molecule has 1 aliphatic heterocycles. The predicted octanol–water partition coefficient (Wildman–Crippen LogP) is 2.26. The number of benzene rings is 2. The molecule has 9 heteroatoms. The van der Waals surface area contributed by atoms with E-state index >= 15 is 0 Å². The van der Waals surface area contributed by atoms with Crippen molar-refractivity contribution in [1.82, 2.24) is 15.0 Å². The monoisotopic (exact) mass is 394 g/mol. The zero-order chi connectivity index (χ0) is 20.2. The number of nitrogens with one attached hydrogen (secondary N) is 2. The van der Waals surface area contributed by atoms with Crippen LogP contribution in [0, 0.1) is 0 Å². The van der Waals surface area contributed by atoms with Gasteiger partial charge in [-0.3, -0.25) is 9.51 Å². The summed E-state index contributed by atoms with van der Waals surface area (Å²) in [6.45, 7) is 1.95. The van der Waals surface area contributed by atoms with Gasteiger partial charge in [-0.05, 0) is 61.9 Å². The number of nitrogens with zero attached hydrogens (tertiary/aromatic N) is 2. The van der Waals surface area contributed by atoms with E-state index in [1.165, 1.54) is 12.8 Å². The Morgan fingerprint density at radius 2 is 2.07 bits per heavy atom. The number of anilines is 1. The highest BCUT2D eigenvalue weighted by atomic mass is 16.5. The van der Waals surface area contributed by atoms with E-state index in [0.717, 1.165) is 24.5 Å². The third kappa shape index (κ3) is 4.46. The van der Waals surface area contributed by atoms with Crippen LogP contribution in [-0.2, 0) is 0 Å². The minimum atomic E-state index is -0.593. The third-order valence-corrected chi connectivity index (χ3v) is 5.18. The number of H-pyrrole nitrogens is 1. The van der Waals surface area contributed by atoms with Gasteiger partial charge in [-0.25, -0.2) is 4.79 Å². The minimum absolute atomic E-state index is 0.358. The fourth-order valence-corrected chi connectivity index (χ4v) is 3.49. The molecule has 8 nitrogen and oxygen atoms in total. The van der Waals surface area contributed by atoms with Crippen molar-refractivity contribution < 1.29 is 14.0 Å². The van der Waals surface area contributed by atoms with Crippen LogP contribution in [0.2, 0.25) is 0 Å². The summed E-state index contributed by atoms with van der Waals surface area (Å²) >= 11 is 0. The second-order valence-electron chi connectivity index (χ2n) is 7.09. The zero-order valence-corrected chi connectivity index (χ0v) is 16.5. The molecule has 1 atom stereocenters. The molecule has 3 aromatic rings. The highest BCUT2D eigenvalue weighted by molar-refractivity contribution is 6.04. The van der Waals surface area contributed by atoms with Gasteiger partial charge in [0.2, 0.25) is 0 Å². The first-order chi connectivity index (χ1) is 14.1. The molecule has 150 valence electrons. The number of ether oxygens (including phenoxy) is 2. The summed E-state index contributed by atoms with van der Waals surface area (Å²) in [5, 5.41) is 7.27.